The Hall–Kier alpha value is -3.92. The molecule has 38 heavy (non-hydrogen) atoms. The number of benzene rings is 2. The minimum Gasteiger partial charge on any atom is -0.493 e. The molecule has 10 nitrogen and oxygen atoms in total. The summed E-state index contributed by atoms with van der Waals surface area (Å²) < 4.78 is 5.92. The summed E-state index contributed by atoms with van der Waals surface area (Å²) in [5.41, 5.74) is 8.59. The zero-order chi connectivity index (χ0) is 26.6. The van der Waals surface area contributed by atoms with Crippen LogP contribution in [0.3, 0.4) is 0 Å². The third-order valence-corrected chi connectivity index (χ3v) is 7.62. The number of nitrogens with zero attached hydrogens (tertiary/aromatic N) is 1. The molecule has 10 heteroatoms. The first-order chi connectivity index (χ1) is 18.4. The summed E-state index contributed by atoms with van der Waals surface area (Å²) >= 11 is 0. The molecule has 2 aromatic carbocycles. The second-order valence-corrected chi connectivity index (χ2v) is 10.3. The van der Waals surface area contributed by atoms with Gasteiger partial charge in [0.05, 0.1) is 6.61 Å². The predicted molar refractivity (Wildman–Crippen MR) is 140 cm³/mol. The summed E-state index contributed by atoms with van der Waals surface area (Å²) in [4.78, 5) is 50.4. The topological polar surface area (TPSA) is 143 Å². The highest BCUT2D eigenvalue weighted by molar-refractivity contribution is 6.05. The zero-order valence-electron chi connectivity index (χ0n) is 21.2. The average Bonchev–Trinajstić information content (AvgIpc) is 3.51. The van der Waals surface area contributed by atoms with E-state index < -0.39 is 11.9 Å². The van der Waals surface area contributed by atoms with Gasteiger partial charge in [0.1, 0.15) is 11.8 Å². The molecule has 200 valence electrons. The number of fused-ring (bicyclic) bond motifs is 1. The van der Waals surface area contributed by atoms with E-state index in [9.17, 15) is 19.2 Å². The highest BCUT2D eigenvalue weighted by Crippen LogP contribution is 2.31. The molecule has 2 heterocycles. The maximum absolute atomic E-state index is 12.8. The lowest BCUT2D eigenvalue weighted by Gasteiger charge is -2.29. The largest absolute Gasteiger partial charge is 0.493 e. The minimum absolute atomic E-state index is 0.215. The quantitative estimate of drug-likeness (QED) is 0.395. The van der Waals surface area contributed by atoms with Crippen LogP contribution in [0.2, 0.25) is 0 Å². The van der Waals surface area contributed by atoms with Gasteiger partial charge in [-0.2, -0.15) is 0 Å². The van der Waals surface area contributed by atoms with Crippen LogP contribution in [0.5, 0.6) is 5.75 Å². The number of urea groups is 1. The molecule has 0 spiro atoms. The molecule has 3 aliphatic rings. The molecule has 0 radical (unpaired) electrons. The van der Waals surface area contributed by atoms with E-state index >= 15 is 0 Å². The van der Waals surface area contributed by atoms with Crippen LogP contribution < -0.4 is 26.4 Å². The van der Waals surface area contributed by atoms with Gasteiger partial charge in [-0.15, -0.1) is 0 Å². The number of anilines is 1. The van der Waals surface area contributed by atoms with Crippen molar-refractivity contribution in [1.82, 2.24) is 15.5 Å². The first-order valence-electron chi connectivity index (χ1n) is 13.1. The molecule has 2 fully saturated rings. The van der Waals surface area contributed by atoms with E-state index in [4.69, 9.17) is 10.5 Å². The highest BCUT2D eigenvalue weighted by atomic mass is 16.5. The van der Waals surface area contributed by atoms with Crippen molar-refractivity contribution in [1.29, 1.82) is 0 Å². The van der Waals surface area contributed by atoms with Crippen LogP contribution in [0.15, 0.2) is 42.5 Å². The van der Waals surface area contributed by atoms with Gasteiger partial charge in [0.15, 0.2) is 0 Å². The maximum atomic E-state index is 12.8. The Morgan fingerprint density at radius 1 is 1.05 bits per heavy atom. The van der Waals surface area contributed by atoms with Crippen molar-refractivity contribution >= 4 is 29.4 Å². The Balaban J connectivity index is 1.09. The van der Waals surface area contributed by atoms with Crippen LogP contribution in [0.25, 0.3) is 0 Å². The van der Waals surface area contributed by atoms with Crippen LogP contribution >= 0.6 is 0 Å². The number of rotatable bonds is 8. The number of carbonyl (C=O) groups is 4. The second-order valence-electron chi connectivity index (χ2n) is 10.3. The molecule has 5 rings (SSSR count). The van der Waals surface area contributed by atoms with E-state index in [-0.39, 0.29) is 30.8 Å². The van der Waals surface area contributed by atoms with Crippen molar-refractivity contribution in [2.45, 2.75) is 51.2 Å². The van der Waals surface area contributed by atoms with Crippen LogP contribution in [0.4, 0.5) is 10.5 Å². The zero-order valence-corrected chi connectivity index (χ0v) is 21.2. The number of hydrogen-bond acceptors (Lipinski definition) is 6. The number of amides is 5. The molecule has 1 saturated carbocycles. The van der Waals surface area contributed by atoms with Gasteiger partial charge in [-0.25, -0.2) is 4.79 Å². The molecule has 1 aliphatic carbocycles. The number of piperidine rings is 1. The Morgan fingerprint density at radius 2 is 1.84 bits per heavy atom. The normalized spacial score (nSPS) is 22.7. The first-order valence-corrected chi connectivity index (χ1v) is 13.1. The van der Waals surface area contributed by atoms with E-state index in [1.165, 1.54) is 11.3 Å². The predicted octanol–water partition coefficient (Wildman–Crippen LogP) is 2.52. The Morgan fingerprint density at radius 3 is 2.58 bits per heavy atom. The van der Waals surface area contributed by atoms with E-state index in [1.807, 2.05) is 18.2 Å². The number of nitrogens with two attached hydrogens (primary N) is 1. The van der Waals surface area contributed by atoms with Gasteiger partial charge in [0.2, 0.25) is 11.8 Å². The first kappa shape index (κ1) is 25.7. The Labute approximate surface area is 221 Å². The molecular weight excluding hydrogens is 486 g/mol. The lowest BCUT2D eigenvalue weighted by Crippen LogP contribution is -2.52. The van der Waals surface area contributed by atoms with E-state index in [2.05, 4.69) is 16.0 Å². The fourth-order valence-electron chi connectivity index (χ4n) is 5.49. The van der Waals surface area contributed by atoms with Crippen molar-refractivity contribution in [2.24, 2.45) is 17.6 Å². The Bertz CT molecular complexity index is 1230. The van der Waals surface area contributed by atoms with Gasteiger partial charge < -0.3 is 26.0 Å². The van der Waals surface area contributed by atoms with Gasteiger partial charge in [-0.05, 0) is 85.5 Å². The van der Waals surface area contributed by atoms with Crippen LogP contribution in [-0.2, 0) is 22.7 Å². The summed E-state index contributed by atoms with van der Waals surface area (Å²) in [5, 5.41) is 7.95. The Kier molecular flexibility index (Phi) is 7.59. The number of carbonyl (C=O) groups excluding carboxylic acids is 4. The highest BCUT2D eigenvalue weighted by Gasteiger charge is 2.39. The molecule has 0 bridgehead atoms. The SMILES string of the molecule is NCC1CCC(COc2ccc(NC(=O)NCc3ccc4c(c3)CN(C3CCC(=O)NC3=O)C4=O)cc2)C1. The molecular formula is C28H33N5O5. The van der Waals surface area contributed by atoms with Crippen LogP contribution in [0, 0.1) is 11.8 Å². The van der Waals surface area contributed by atoms with E-state index in [1.54, 1.807) is 24.3 Å². The fourth-order valence-corrected chi connectivity index (χ4v) is 5.49. The molecule has 0 aromatic heterocycles. The van der Waals surface area contributed by atoms with Gasteiger partial charge in [-0.3, -0.25) is 19.7 Å². The summed E-state index contributed by atoms with van der Waals surface area (Å²) in [6, 6.07) is 11.7. The molecule has 2 aliphatic heterocycles. The number of nitrogens with one attached hydrogen (secondary N) is 3. The van der Waals surface area contributed by atoms with Gasteiger partial charge >= 0.3 is 6.03 Å². The summed E-state index contributed by atoms with van der Waals surface area (Å²) in [6.07, 6.45) is 3.98. The monoisotopic (exact) mass is 519 g/mol. The van der Waals surface area contributed by atoms with Crippen molar-refractivity contribution in [3.05, 3.63) is 59.2 Å². The maximum Gasteiger partial charge on any atom is 0.319 e. The minimum atomic E-state index is -0.650. The molecule has 5 amide bonds. The smallest absolute Gasteiger partial charge is 0.319 e. The molecule has 2 aromatic rings. The summed E-state index contributed by atoms with van der Waals surface area (Å²) in [7, 11) is 0. The van der Waals surface area contributed by atoms with Crippen LogP contribution in [0.1, 0.15) is 53.6 Å². The van der Waals surface area contributed by atoms with Gasteiger partial charge in [0, 0.05) is 30.8 Å². The van der Waals surface area contributed by atoms with Crippen molar-refractivity contribution in [3.63, 3.8) is 0 Å². The lowest BCUT2D eigenvalue weighted by atomic mass is 10.0. The molecule has 1 saturated heterocycles. The van der Waals surface area contributed by atoms with E-state index in [0.29, 0.717) is 42.7 Å². The molecule has 5 N–H and O–H groups in total. The number of hydrogen-bond donors (Lipinski definition) is 4. The number of ether oxygens (including phenoxy) is 1. The lowest BCUT2D eigenvalue weighted by molar-refractivity contribution is -0.136. The third-order valence-electron chi connectivity index (χ3n) is 7.62. The average molecular weight is 520 g/mol. The molecule has 3 atom stereocenters. The van der Waals surface area contributed by atoms with Crippen LogP contribution in [-0.4, -0.2) is 47.8 Å². The van der Waals surface area contributed by atoms with Crippen molar-refractivity contribution in [3.8, 4) is 5.75 Å². The van der Waals surface area contributed by atoms with Crippen molar-refractivity contribution < 1.29 is 23.9 Å². The molecule has 3 unspecified atom stereocenters. The summed E-state index contributed by atoms with van der Waals surface area (Å²) in [5.74, 6) is 0.959. The summed E-state index contributed by atoms with van der Waals surface area (Å²) in [6.45, 7) is 2.00. The van der Waals surface area contributed by atoms with Gasteiger partial charge in [0.25, 0.3) is 5.91 Å². The third kappa shape index (κ3) is 5.80. The van der Waals surface area contributed by atoms with Gasteiger partial charge in [-0.1, -0.05) is 12.1 Å². The van der Waals surface area contributed by atoms with Crippen molar-refractivity contribution in [2.75, 3.05) is 18.5 Å². The van der Waals surface area contributed by atoms with E-state index in [0.717, 1.165) is 36.3 Å². The second kappa shape index (κ2) is 11.2. The number of imide groups is 1. The fraction of sp³-hybridized carbons (Fsp3) is 0.429. The standard InChI is InChI=1S/C28H33N5O5/c29-13-17-1-2-19(11-17)16-38-22-6-4-21(5-7-22)31-28(37)30-14-18-3-8-23-20(12-18)15-33(27(23)36)24-9-10-25(34)32-26(24)35/h3-8,12,17,19,24H,1-2,9-11,13-16,29H2,(H2,30,31,37)(H,32,34,35).